The van der Waals surface area contributed by atoms with Gasteiger partial charge in [0.2, 0.25) is 5.88 Å². The monoisotopic (exact) mass is 487 g/mol. The largest absolute Gasteiger partial charge is 0.468 e. The molecule has 0 aliphatic rings. The van der Waals surface area contributed by atoms with E-state index in [1.807, 2.05) is 77.5 Å². The fraction of sp³-hybridized carbons (Fsp3) is 0.276. The third-order valence-electron chi connectivity index (χ3n) is 5.67. The van der Waals surface area contributed by atoms with Crippen LogP contribution in [0.5, 0.6) is 11.6 Å². The van der Waals surface area contributed by atoms with E-state index in [2.05, 4.69) is 18.4 Å². The highest BCUT2D eigenvalue weighted by atomic mass is 16.5. The highest BCUT2D eigenvalue weighted by Crippen LogP contribution is 2.32. The van der Waals surface area contributed by atoms with E-state index in [1.165, 1.54) is 0 Å². The molecule has 2 heterocycles. The third-order valence-corrected chi connectivity index (χ3v) is 5.67. The molecule has 36 heavy (non-hydrogen) atoms. The van der Waals surface area contributed by atoms with Crippen molar-refractivity contribution in [3.63, 3.8) is 0 Å². The van der Waals surface area contributed by atoms with Gasteiger partial charge in [-0.15, -0.1) is 6.58 Å². The number of benzene rings is 2. The van der Waals surface area contributed by atoms with Crippen molar-refractivity contribution in [3.8, 4) is 17.3 Å². The van der Waals surface area contributed by atoms with Gasteiger partial charge in [-0.2, -0.15) is 5.10 Å². The van der Waals surface area contributed by atoms with E-state index in [4.69, 9.17) is 19.0 Å². The van der Waals surface area contributed by atoms with Crippen molar-refractivity contribution in [3.05, 3.63) is 109 Å². The van der Waals surface area contributed by atoms with Crippen molar-refractivity contribution in [2.24, 2.45) is 0 Å². The van der Waals surface area contributed by atoms with Gasteiger partial charge >= 0.3 is 0 Å². The summed E-state index contributed by atoms with van der Waals surface area (Å²) in [4.78, 5) is 2.13. The first-order valence-electron chi connectivity index (χ1n) is 12.2. The quantitative estimate of drug-likeness (QED) is 0.190. The van der Waals surface area contributed by atoms with Gasteiger partial charge in [0.15, 0.2) is 0 Å². The van der Waals surface area contributed by atoms with Crippen molar-refractivity contribution in [1.29, 1.82) is 0 Å². The number of nitrogens with zero attached hydrogens (tertiary/aromatic N) is 3. The van der Waals surface area contributed by atoms with Gasteiger partial charge in [0, 0.05) is 13.1 Å². The van der Waals surface area contributed by atoms with Gasteiger partial charge in [0.25, 0.3) is 0 Å². The molecule has 0 aliphatic carbocycles. The Balaban J connectivity index is 1.69. The van der Waals surface area contributed by atoms with Crippen molar-refractivity contribution in [1.82, 2.24) is 14.7 Å². The molecule has 1 atom stereocenters. The number of aryl methyl sites for hydroxylation is 1. The molecule has 7 nitrogen and oxygen atoms in total. The molecule has 0 saturated carbocycles. The van der Waals surface area contributed by atoms with Gasteiger partial charge in [0.05, 0.1) is 49.1 Å². The average Bonchev–Trinajstić information content (AvgIpc) is 3.53. The van der Waals surface area contributed by atoms with E-state index in [-0.39, 0.29) is 6.61 Å². The summed E-state index contributed by atoms with van der Waals surface area (Å²) in [6.45, 7) is 7.79. The number of aromatic nitrogens is 2. The summed E-state index contributed by atoms with van der Waals surface area (Å²) < 4.78 is 19.4. The number of hydrogen-bond acceptors (Lipinski definition) is 6. The zero-order chi connectivity index (χ0) is 25.2. The summed E-state index contributed by atoms with van der Waals surface area (Å²) >= 11 is 0. The van der Waals surface area contributed by atoms with Crippen molar-refractivity contribution >= 4 is 0 Å². The second kappa shape index (κ2) is 12.9. The van der Waals surface area contributed by atoms with Crippen LogP contribution in [-0.2, 0) is 24.2 Å². The molecule has 1 N–H and O–H groups in total. The predicted octanol–water partition coefficient (Wildman–Crippen LogP) is 5.39. The minimum absolute atomic E-state index is 0.220. The van der Waals surface area contributed by atoms with E-state index in [0.29, 0.717) is 32.1 Å². The zero-order valence-corrected chi connectivity index (χ0v) is 20.6. The number of ether oxygens (including phenoxy) is 2. The van der Waals surface area contributed by atoms with Crippen LogP contribution < -0.4 is 4.74 Å². The lowest BCUT2D eigenvalue weighted by Gasteiger charge is -2.24. The molecule has 0 radical (unpaired) electrons. The maximum Gasteiger partial charge on any atom is 0.227 e. The van der Waals surface area contributed by atoms with Gasteiger partial charge in [0.1, 0.15) is 11.5 Å². The van der Waals surface area contributed by atoms with Crippen molar-refractivity contribution in [2.75, 3.05) is 19.8 Å². The summed E-state index contributed by atoms with van der Waals surface area (Å²) in [5, 5.41) is 15.6. The maximum atomic E-state index is 10.7. The lowest BCUT2D eigenvalue weighted by atomic mass is 10.1. The highest BCUT2D eigenvalue weighted by Gasteiger charge is 2.24. The van der Waals surface area contributed by atoms with Crippen LogP contribution in [0.25, 0.3) is 5.69 Å². The Morgan fingerprint density at radius 2 is 1.81 bits per heavy atom. The van der Waals surface area contributed by atoms with Crippen LogP contribution in [0.2, 0.25) is 0 Å². The number of hydrogen-bond donors (Lipinski definition) is 1. The van der Waals surface area contributed by atoms with E-state index < -0.39 is 6.10 Å². The summed E-state index contributed by atoms with van der Waals surface area (Å²) in [5.74, 6) is 2.20. The molecule has 0 spiro atoms. The Hall–Kier alpha value is -3.65. The molecule has 188 valence electrons. The van der Waals surface area contributed by atoms with E-state index in [9.17, 15) is 5.11 Å². The number of rotatable bonds is 14. The molecule has 2 aromatic heterocycles. The normalized spacial score (nSPS) is 12.1. The fourth-order valence-electron chi connectivity index (χ4n) is 4.04. The second-order valence-corrected chi connectivity index (χ2v) is 8.48. The summed E-state index contributed by atoms with van der Waals surface area (Å²) in [6.07, 6.45) is 3.39. The lowest BCUT2D eigenvalue weighted by molar-refractivity contribution is 0.0214. The Morgan fingerprint density at radius 1 is 1.06 bits per heavy atom. The molecule has 2 aromatic carbocycles. The first-order chi connectivity index (χ1) is 17.7. The van der Waals surface area contributed by atoms with Gasteiger partial charge in [-0.05, 0) is 42.8 Å². The SMILES string of the molecule is C=CCOCC(O)CN(Cc1ccco1)Cc1c(CC)nn(-c2ccccc2)c1Oc1ccccc1. The first kappa shape index (κ1) is 25.4. The Morgan fingerprint density at radius 3 is 2.47 bits per heavy atom. The van der Waals surface area contributed by atoms with Gasteiger partial charge in [-0.3, -0.25) is 4.90 Å². The van der Waals surface area contributed by atoms with Crippen LogP contribution in [0.4, 0.5) is 0 Å². The second-order valence-electron chi connectivity index (χ2n) is 8.48. The highest BCUT2D eigenvalue weighted by molar-refractivity contribution is 5.43. The molecule has 4 rings (SSSR count). The molecule has 1 unspecified atom stereocenters. The first-order valence-corrected chi connectivity index (χ1v) is 12.2. The molecule has 0 aliphatic heterocycles. The minimum Gasteiger partial charge on any atom is -0.468 e. The smallest absolute Gasteiger partial charge is 0.227 e. The molecule has 0 amide bonds. The average molecular weight is 488 g/mol. The van der Waals surface area contributed by atoms with E-state index in [1.54, 1.807) is 12.3 Å². The molecule has 7 heteroatoms. The molecule has 0 bridgehead atoms. The lowest BCUT2D eigenvalue weighted by Crippen LogP contribution is -2.34. The molecular formula is C29H33N3O4. The van der Waals surface area contributed by atoms with Gasteiger partial charge in [-0.1, -0.05) is 49.4 Å². The van der Waals surface area contributed by atoms with Gasteiger partial charge < -0.3 is 19.0 Å². The zero-order valence-electron chi connectivity index (χ0n) is 20.6. The molecule has 4 aromatic rings. The number of aliphatic hydroxyl groups excluding tert-OH is 1. The minimum atomic E-state index is -0.673. The van der Waals surface area contributed by atoms with Crippen LogP contribution in [0.3, 0.4) is 0 Å². The Labute approximate surface area is 212 Å². The third kappa shape index (κ3) is 6.73. The topological polar surface area (TPSA) is 72.9 Å². The Bertz CT molecular complexity index is 1190. The number of furan rings is 1. The fourth-order valence-corrected chi connectivity index (χ4v) is 4.04. The Kier molecular flexibility index (Phi) is 9.10. The van der Waals surface area contributed by atoms with Crippen LogP contribution in [0.15, 0.2) is 96.1 Å². The molecule has 0 fully saturated rings. The number of aliphatic hydroxyl groups is 1. The van der Waals surface area contributed by atoms with E-state index in [0.717, 1.165) is 34.9 Å². The predicted molar refractivity (Wildman–Crippen MR) is 139 cm³/mol. The van der Waals surface area contributed by atoms with Gasteiger partial charge in [-0.25, -0.2) is 4.68 Å². The summed E-state index contributed by atoms with van der Waals surface area (Å²) in [7, 11) is 0. The van der Waals surface area contributed by atoms with Crippen LogP contribution in [0, 0.1) is 0 Å². The van der Waals surface area contributed by atoms with Crippen molar-refractivity contribution < 1.29 is 19.0 Å². The van der Waals surface area contributed by atoms with E-state index >= 15 is 0 Å². The maximum absolute atomic E-state index is 10.7. The van der Waals surface area contributed by atoms with Crippen LogP contribution >= 0.6 is 0 Å². The molecular weight excluding hydrogens is 454 g/mol. The number of para-hydroxylation sites is 2. The summed E-state index contributed by atoms with van der Waals surface area (Å²) in [5.41, 5.74) is 2.82. The van der Waals surface area contributed by atoms with Crippen LogP contribution in [0.1, 0.15) is 23.9 Å². The standard InChI is InChI=1S/C29H33N3O4/c1-3-17-34-22-24(33)19-31(20-26-16-11-18-35-26)21-27-28(4-2)30-32(23-12-7-5-8-13-23)29(27)36-25-14-9-6-10-15-25/h3,5-16,18,24,33H,1,4,17,19-22H2,2H3. The van der Waals surface area contributed by atoms with Crippen LogP contribution in [-0.4, -0.2) is 45.6 Å². The van der Waals surface area contributed by atoms with Crippen molar-refractivity contribution in [2.45, 2.75) is 32.5 Å². The molecule has 0 saturated heterocycles. The summed E-state index contributed by atoms with van der Waals surface area (Å²) in [6, 6.07) is 23.5.